The normalized spacial score (nSPS) is 19.7. The van der Waals surface area contributed by atoms with Crippen LogP contribution in [0.5, 0.6) is 0 Å². The average Bonchev–Trinajstić information content (AvgIpc) is 3.00. The van der Waals surface area contributed by atoms with Gasteiger partial charge in [0.2, 0.25) is 0 Å². The van der Waals surface area contributed by atoms with Crippen molar-refractivity contribution >= 4 is 5.78 Å². The maximum absolute atomic E-state index is 13.4. The van der Waals surface area contributed by atoms with E-state index in [1.165, 1.54) is 12.1 Å². The fourth-order valence-electron chi connectivity index (χ4n) is 3.46. The molecule has 1 aliphatic carbocycles. The van der Waals surface area contributed by atoms with E-state index in [0.717, 1.165) is 29.1 Å². The van der Waals surface area contributed by atoms with Gasteiger partial charge in [-0.3, -0.25) is 4.79 Å². The molecule has 25 heavy (non-hydrogen) atoms. The quantitative estimate of drug-likeness (QED) is 0.681. The second kappa shape index (κ2) is 5.96. The first kappa shape index (κ1) is 15.8. The number of hydrogen-bond acceptors (Lipinski definition) is 2. The summed E-state index contributed by atoms with van der Waals surface area (Å²) in [6.45, 7) is 4.06. The molecule has 4 rings (SSSR count). The van der Waals surface area contributed by atoms with Gasteiger partial charge in [-0.15, -0.1) is 0 Å². The molecule has 3 nitrogen and oxygen atoms in total. The van der Waals surface area contributed by atoms with E-state index in [-0.39, 0.29) is 23.4 Å². The molecule has 2 aromatic carbocycles. The summed E-state index contributed by atoms with van der Waals surface area (Å²) >= 11 is 0. The van der Waals surface area contributed by atoms with Gasteiger partial charge in [0.25, 0.3) is 0 Å². The van der Waals surface area contributed by atoms with Crippen LogP contribution >= 0.6 is 0 Å². The van der Waals surface area contributed by atoms with Crippen molar-refractivity contribution in [2.75, 3.05) is 0 Å². The summed E-state index contributed by atoms with van der Waals surface area (Å²) in [5.41, 5.74) is 3.96. The van der Waals surface area contributed by atoms with Gasteiger partial charge in [0.15, 0.2) is 5.78 Å². The van der Waals surface area contributed by atoms with Crippen molar-refractivity contribution in [2.24, 2.45) is 11.8 Å². The zero-order valence-corrected chi connectivity index (χ0v) is 14.2. The van der Waals surface area contributed by atoms with Crippen molar-refractivity contribution in [3.05, 3.63) is 71.7 Å². The molecule has 1 heterocycles. The first-order valence-electron chi connectivity index (χ1n) is 8.53. The second-order valence-corrected chi connectivity index (χ2v) is 6.76. The lowest BCUT2D eigenvalue weighted by Gasteiger charge is -2.23. The van der Waals surface area contributed by atoms with Crippen molar-refractivity contribution in [3.63, 3.8) is 0 Å². The Labute approximate surface area is 146 Å². The summed E-state index contributed by atoms with van der Waals surface area (Å²) in [5.74, 6) is 0.0484. The summed E-state index contributed by atoms with van der Waals surface area (Å²) in [6.07, 6.45) is 0.774. The number of nitrogens with zero attached hydrogens (tertiary/aromatic N) is 2. The summed E-state index contributed by atoms with van der Waals surface area (Å²) < 4.78 is 15.2. The van der Waals surface area contributed by atoms with E-state index in [1.807, 2.05) is 41.9 Å². The number of fused-ring (bicyclic) bond motifs is 1. The minimum Gasteiger partial charge on any atom is -0.294 e. The summed E-state index contributed by atoms with van der Waals surface area (Å²) in [5, 5.41) is 4.76. The fourth-order valence-corrected chi connectivity index (χ4v) is 3.46. The third-order valence-corrected chi connectivity index (χ3v) is 5.11. The molecule has 126 valence electrons. The van der Waals surface area contributed by atoms with Gasteiger partial charge >= 0.3 is 0 Å². The largest absolute Gasteiger partial charge is 0.294 e. The van der Waals surface area contributed by atoms with Crippen molar-refractivity contribution in [1.82, 2.24) is 9.78 Å². The molecule has 0 spiro atoms. The highest BCUT2D eigenvalue weighted by Crippen LogP contribution is 2.37. The van der Waals surface area contributed by atoms with E-state index in [9.17, 15) is 9.18 Å². The summed E-state index contributed by atoms with van der Waals surface area (Å²) in [7, 11) is 0. The van der Waals surface area contributed by atoms with Crippen molar-refractivity contribution in [2.45, 2.75) is 20.3 Å². The molecule has 0 aliphatic heterocycles. The topological polar surface area (TPSA) is 34.9 Å². The monoisotopic (exact) mass is 334 g/mol. The lowest BCUT2D eigenvalue weighted by atomic mass is 9.78. The van der Waals surface area contributed by atoms with Crippen LogP contribution in [-0.4, -0.2) is 15.6 Å². The van der Waals surface area contributed by atoms with E-state index in [2.05, 4.69) is 6.92 Å². The molecule has 0 N–H and O–H groups in total. The van der Waals surface area contributed by atoms with Crippen molar-refractivity contribution in [1.29, 1.82) is 0 Å². The molecule has 1 aromatic heterocycles. The Balaban J connectivity index is 2.00. The number of benzene rings is 2. The molecule has 1 aliphatic rings. The number of carbonyl (C=O) groups excluding carboxylic acids is 1. The zero-order chi connectivity index (χ0) is 17.6. The molecule has 0 saturated carbocycles. The van der Waals surface area contributed by atoms with E-state index in [1.54, 1.807) is 12.1 Å². The Hall–Kier alpha value is -2.75. The highest BCUT2D eigenvalue weighted by atomic mass is 19.1. The van der Waals surface area contributed by atoms with Gasteiger partial charge in [0.05, 0.1) is 22.6 Å². The standard InChI is InChI=1S/C21H19FN2O/c1-13-12-18-19(21(25)14(13)2)20(15-8-10-16(22)11-9-15)24(23-18)17-6-4-3-5-7-17/h3-11,13-14H,12H2,1-2H3/t13-,14-/m0/s1. The van der Waals surface area contributed by atoms with Crippen LogP contribution in [0.3, 0.4) is 0 Å². The van der Waals surface area contributed by atoms with Gasteiger partial charge in [0, 0.05) is 11.5 Å². The number of hydrogen-bond donors (Lipinski definition) is 0. The number of aromatic nitrogens is 2. The van der Waals surface area contributed by atoms with Gasteiger partial charge in [-0.1, -0.05) is 32.0 Å². The van der Waals surface area contributed by atoms with Gasteiger partial charge in [0.1, 0.15) is 5.82 Å². The molecule has 2 atom stereocenters. The Morgan fingerprint density at radius 2 is 1.72 bits per heavy atom. The lowest BCUT2D eigenvalue weighted by Crippen LogP contribution is -2.27. The van der Waals surface area contributed by atoms with Crippen LogP contribution in [0.4, 0.5) is 4.39 Å². The maximum Gasteiger partial charge on any atom is 0.170 e. The lowest BCUT2D eigenvalue weighted by molar-refractivity contribution is 0.0877. The van der Waals surface area contributed by atoms with Crippen LogP contribution in [0.1, 0.15) is 29.9 Å². The molecule has 3 aromatic rings. The number of Topliss-reactive ketones (excluding diaryl/α,β-unsaturated/α-hetero) is 1. The number of ketones is 1. The van der Waals surface area contributed by atoms with E-state index in [4.69, 9.17) is 5.10 Å². The summed E-state index contributed by atoms with van der Waals surface area (Å²) in [6, 6.07) is 16.0. The van der Waals surface area contributed by atoms with Gasteiger partial charge < -0.3 is 0 Å². The minimum atomic E-state index is -0.295. The fraction of sp³-hybridized carbons (Fsp3) is 0.238. The third-order valence-electron chi connectivity index (χ3n) is 5.11. The van der Waals surface area contributed by atoms with E-state index < -0.39 is 0 Å². The third kappa shape index (κ3) is 2.58. The van der Waals surface area contributed by atoms with Gasteiger partial charge in [-0.25, -0.2) is 9.07 Å². The molecule has 4 heteroatoms. The average molecular weight is 334 g/mol. The number of para-hydroxylation sites is 1. The van der Waals surface area contributed by atoms with Crippen molar-refractivity contribution in [3.8, 4) is 16.9 Å². The number of halogens is 1. The molecule has 0 saturated heterocycles. The molecule has 0 bridgehead atoms. The van der Waals surface area contributed by atoms with E-state index >= 15 is 0 Å². The van der Waals surface area contributed by atoms with Gasteiger partial charge in [-0.2, -0.15) is 5.10 Å². The van der Waals surface area contributed by atoms with Crippen LogP contribution in [0.25, 0.3) is 16.9 Å². The molecular weight excluding hydrogens is 315 g/mol. The Bertz CT molecular complexity index is 929. The van der Waals surface area contributed by atoms with Crippen LogP contribution in [0.2, 0.25) is 0 Å². The molecule has 0 fully saturated rings. The minimum absolute atomic E-state index is 0.0416. The van der Waals surface area contributed by atoms with Crippen LogP contribution in [0, 0.1) is 17.7 Å². The highest BCUT2D eigenvalue weighted by Gasteiger charge is 2.36. The maximum atomic E-state index is 13.4. The predicted molar refractivity (Wildman–Crippen MR) is 95.3 cm³/mol. The number of rotatable bonds is 2. The number of carbonyl (C=O) groups is 1. The predicted octanol–water partition coefficient (Wildman–Crippen LogP) is 4.69. The Morgan fingerprint density at radius 3 is 2.40 bits per heavy atom. The Kier molecular flexibility index (Phi) is 3.75. The first-order chi connectivity index (χ1) is 12.1. The van der Waals surface area contributed by atoms with Crippen molar-refractivity contribution < 1.29 is 9.18 Å². The molecule has 0 unspecified atom stereocenters. The summed E-state index contributed by atoms with van der Waals surface area (Å²) in [4.78, 5) is 13.0. The first-order valence-corrected chi connectivity index (χ1v) is 8.53. The van der Waals surface area contributed by atoms with Crippen LogP contribution in [0.15, 0.2) is 54.6 Å². The van der Waals surface area contributed by atoms with E-state index in [0.29, 0.717) is 5.56 Å². The zero-order valence-electron chi connectivity index (χ0n) is 14.2. The molecule has 0 amide bonds. The van der Waals surface area contributed by atoms with Gasteiger partial charge in [-0.05, 0) is 48.7 Å². The van der Waals surface area contributed by atoms with Crippen LogP contribution in [-0.2, 0) is 6.42 Å². The smallest absolute Gasteiger partial charge is 0.170 e. The molecular formula is C21H19FN2O. The molecule has 0 radical (unpaired) electrons. The SMILES string of the molecule is C[C@@H]1C(=O)c2c(nn(-c3ccccc3)c2-c2ccc(F)cc2)C[C@@H]1C. The second-order valence-electron chi connectivity index (χ2n) is 6.76. The van der Waals surface area contributed by atoms with Crippen LogP contribution < -0.4 is 0 Å². The highest BCUT2D eigenvalue weighted by molar-refractivity contribution is 6.05. The Morgan fingerprint density at radius 1 is 1.04 bits per heavy atom.